The van der Waals surface area contributed by atoms with Gasteiger partial charge in [0, 0.05) is 12.5 Å². The lowest BCUT2D eigenvalue weighted by Gasteiger charge is -2.24. The Kier molecular flexibility index (Phi) is 5.15. The average molecular weight is 420 g/mol. The zero-order valence-electron chi connectivity index (χ0n) is 14.2. The van der Waals surface area contributed by atoms with Gasteiger partial charge in [-0.1, -0.05) is 12.1 Å². The lowest BCUT2D eigenvalue weighted by Crippen LogP contribution is -2.21. The van der Waals surface area contributed by atoms with Gasteiger partial charge in [0.1, 0.15) is 11.5 Å². The molecule has 150 valence electrons. The van der Waals surface area contributed by atoms with Crippen molar-refractivity contribution in [3.05, 3.63) is 59.7 Å². The third-order valence-corrected chi connectivity index (χ3v) is 5.46. The molecule has 2 aromatic carbocycles. The summed E-state index contributed by atoms with van der Waals surface area (Å²) in [5.74, 6) is -1.96. The Hall–Kier alpha value is -2.53. The second kappa shape index (κ2) is 7.13. The SMILES string of the molecule is COS(=O)(=O)c1ccc([C@@H]2CC(C(F)(F)F)=NN2c2ccc(F)cc2F)cc1. The fraction of sp³-hybridized carbons (Fsp3) is 0.235. The van der Waals surface area contributed by atoms with Crippen molar-refractivity contribution in [3.63, 3.8) is 0 Å². The van der Waals surface area contributed by atoms with Crippen molar-refractivity contribution in [3.8, 4) is 0 Å². The van der Waals surface area contributed by atoms with E-state index in [-0.39, 0.29) is 16.1 Å². The van der Waals surface area contributed by atoms with Gasteiger partial charge in [0.2, 0.25) is 0 Å². The lowest BCUT2D eigenvalue weighted by molar-refractivity contribution is -0.0600. The highest BCUT2D eigenvalue weighted by Gasteiger charge is 2.44. The molecule has 0 N–H and O–H groups in total. The molecule has 3 rings (SSSR count). The zero-order valence-corrected chi connectivity index (χ0v) is 15.1. The van der Waals surface area contributed by atoms with Crippen LogP contribution in [0.4, 0.5) is 27.6 Å². The van der Waals surface area contributed by atoms with Crippen LogP contribution in [-0.2, 0) is 14.3 Å². The smallest absolute Gasteiger partial charge is 0.270 e. The number of benzene rings is 2. The minimum absolute atomic E-state index is 0.187. The second-order valence-electron chi connectivity index (χ2n) is 5.89. The van der Waals surface area contributed by atoms with Gasteiger partial charge in [0.15, 0.2) is 5.82 Å². The number of hydrogen-bond acceptors (Lipinski definition) is 5. The molecule has 0 fully saturated rings. The predicted molar refractivity (Wildman–Crippen MR) is 90.3 cm³/mol. The Balaban J connectivity index is 2.03. The number of hydrazone groups is 1. The van der Waals surface area contributed by atoms with Gasteiger partial charge in [-0.3, -0.25) is 9.19 Å². The summed E-state index contributed by atoms with van der Waals surface area (Å²) in [5.41, 5.74) is -1.20. The Morgan fingerprint density at radius 2 is 1.75 bits per heavy atom. The second-order valence-corrected chi connectivity index (χ2v) is 7.61. The minimum atomic E-state index is -4.73. The third kappa shape index (κ3) is 3.85. The normalized spacial score (nSPS) is 17.7. The fourth-order valence-electron chi connectivity index (χ4n) is 2.78. The summed E-state index contributed by atoms with van der Waals surface area (Å²) in [7, 11) is -3.00. The van der Waals surface area contributed by atoms with Crippen molar-refractivity contribution in [1.82, 2.24) is 0 Å². The Morgan fingerprint density at radius 1 is 1.11 bits per heavy atom. The Labute approximate surface area is 157 Å². The van der Waals surface area contributed by atoms with Crippen molar-refractivity contribution >= 4 is 21.5 Å². The summed E-state index contributed by atoms with van der Waals surface area (Å²) in [6.45, 7) is 0. The van der Waals surface area contributed by atoms with Crippen LogP contribution >= 0.6 is 0 Å². The van der Waals surface area contributed by atoms with Crippen LogP contribution in [-0.4, -0.2) is 27.4 Å². The van der Waals surface area contributed by atoms with Crippen LogP contribution in [0.15, 0.2) is 52.5 Å². The minimum Gasteiger partial charge on any atom is -0.270 e. The summed E-state index contributed by atoms with van der Waals surface area (Å²) in [6.07, 6.45) is -5.32. The van der Waals surface area contributed by atoms with Crippen molar-refractivity contribution in [2.24, 2.45) is 5.10 Å². The highest BCUT2D eigenvalue weighted by Crippen LogP contribution is 2.40. The monoisotopic (exact) mass is 420 g/mol. The number of hydrogen-bond donors (Lipinski definition) is 0. The number of anilines is 1. The molecule has 1 atom stereocenters. The topological polar surface area (TPSA) is 59.0 Å². The molecule has 1 aliphatic heterocycles. The third-order valence-electron chi connectivity index (χ3n) is 4.17. The Morgan fingerprint density at radius 3 is 2.29 bits per heavy atom. The summed E-state index contributed by atoms with van der Waals surface area (Å²) >= 11 is 0. The maximum absolute atomic E-state index is 14.2. The molecule has 1 aliphatic rings. The zero-order chi connectivity index (χ0) is 20.7. The van der Waals surface area contributed by atoms with Crippen LogP contribution in [0.25, 0.3) is 0 Å². The summed E-state index contributed by atoms with van der Waals surface area (Å²) in [4.78, 5) is -0.187. The molecule has 0 radical (unpaired) electrons. The number of alkyl halides is 3. The maximum Gasteiger partial charge on any atom is 0.431 e. The van der Waals surface area contributed by atoms with Gasteiger partial charge in [-0.2, -0.15) is 26.7 Å². The first-order chi connectivity index (χ1) is 13.0. The maximum atomic E-state index is 14.2. The summed E-state index contributed by atoms with van der Waals surface area (Å²) in [6, 6.07) is 6.30. The van der Waals surface area contributed by atoms with Crippen molar-refractivity contribution in [1.29, 1.82) is 0 Å². The van der Waals surface area contributed by atoms with E-state index in [0.717, 1.165) is 24.3 Å². The van der Waals surface area contributed by atoms with Crippen LogP contribution in [0.2, 0.25) is 0 Å². The molecule has 1 heterocycles. The van der Waals surface area contributed by atoms with E-state index in [0.29, 0.717) is 6.07 Å². The van der Waals surface area contributed by atoms with Crippen LogP contribution < -0.4 is 5.01 Å². The first-order valence-corrected chi connectivity index (χ1v) is 9.23. The van der Waals surface area contributed by atoms with Crippen LogP contribution in [0.3, 0.4) is 0 Å². The van der Waals surface area contributed by atoms with Crippen LogP contribution in [0.5, 0.6) is 0 Å². The summed E-state index contributed by atoms with van der Waals surface area (Å²) < 4.78 is 94.6. The van der Waals surface area contributed by atoms with Gasteiger partial charge in [-0.15, -0.1) is 0 Å². The van der Waals surface area contributed by atoms with Crippen LogP contribution in [0, 0.1) is 11.6 Å². The van der Waals surface area contributed by atoms with E-state index in [1.807, 2.05) is 0 Å². The number of halogens is 5. The molecular formula is C17H13F5N2O3S. The molecule has 0 saturated heterocycles. The van der Waals surface area contributed by atoms with Gasteiger partial charge in [-0.25, -0.2) is 8.78 Å². The summed E-state index contributed by atoms with van der Waals surface area (Å²) in [5, 5.41) is 4.30. The predicted octanol–water partition coefficient (Wildman–Crippen LogP) is 4.17. The van der Waals surface area contributed by atoms with E-state index in [1.54, 1.807) is 0 Å². The van der Waals surface area contributed by atoms with E-state index >= 15 is 0 Å². The fourth-order valence-corrected chi connectivity index (χ4v) is 3.45. The molecule has 11 heteroatoms. The highest BCUT2D eigenvalue weighted by atomic mass is 32.2. The molecule has 0 amide bonds. The molecular weight excluding hydrogens is 407 g/mol. The molecule has 0 saturated carbocycles. The average Bonchev–Trinajstić information content (AvgIpc) is 3.07. The molecule has 5 nitrogen and oxygen atoms in total. The van der Waals surface area contributed by atoms with Gasteiger partial charge < -0.3 is 0 Å². The quantitative estimate of drug-likeness (QED) is 0.550. The number of nitrogens with zero attached hydrogens (tertiary/aromatic N) is 2. The van der Waals surface area contributed by atoms with Gasteiger partial charge in [0.05, 0.1) is 23.7 Å². The molecule has 0 aromatic heterocycles. The van der Waals surface area contributed by atoms with Gasteiger partial charge in [-0.05, 0) is 29.8 Å². The van der Waals surface area contributed by atoms with Gasteiger partial charge in [0.25, 0.3) is 10.1 Å². The first kappa shape index (κ1) is 20.2. The van der Waals surface area contributed by atoms with Crippen molar-refractivity contribution < 1.29 is 34.6 Å². The number of rotatable bonds is 4. The van der Waals surface area contributed by atoms with E-state index < -0.39 is 46.1 Å². The standard InChI is InChI=1S/C17H13F5N2O3S/c1-27-28(25,26)12-5-2-10(3-6-12)15-9-16(17(20,21)22)23-24(15)14-7-4-11(18)8-13(14)19/h2-8,15H,9H2,1H3/t15-/m0/s1. The Bertz CT molecular complexity index is 1020. The highest BCUT2D eigenvalue weighted by molar-refractivity contribution is 7.86. The first-order valence-electron chi connectivity index (χ1n) is 7.82. The van der Waals surface area contributed by atoms with Gasteiger partial charge >= 0.3 is 6.18 Å². The molecule has 0 bridgehead atoms. The molecule has 0 aliphatic carbocycles. The molecule has 28 heavy (non-hydrogen) atoms. The lowest BCUT2D eigenvalue weighted by atomic mass is 10.0. The largest absolute Gasteiger partial charge is 0.431 e. The van der Waals surface area contributed by atoms with Crippen molar-refractivity contribution in [2.45, 2.75) is 23.5 Å². The van der Waals surface area contributed by atoms with E-state index in [1.165, 1.54) is 24.3 Å². The van der Waals surface area contributed by atoms with Crippen molar-refractivity contribution in [2.75, 3.05) is 12.1 Å². The van der Waals surface area contributed by atoms with E-state index in [4.69, 9.17) is 0 Å². The molecule has 2 aromatic rings. The van der Waals surface area contributed by atoms with E-state index in [2.05, 4.69) is 9.28 Å². The van der Waals surface area contributed by atoms with E-state index in [9.17, 15) is 30.4 Å². The molecule has 0 spiro atoms. The van der Waals surface area contributed by atoms with Crippen LogP contribution in [0.1, 0.15) is 18.0 Å². The molecule has 0 unspecified atom stereocenters.